The van der Waals surface area contributed by atoms with Crippen LogP contribution < -0.4 is 5.32 Å². The van der Waals surface area contributed by atoms with Gasteiger partial charge in [0, 0.05) is 5.69 Å². The molecule has 0 saturated heterocycles. The molecule has 0 fully saturated rings. The third-order valence-corrected chi connectivity index (χ3v) is 2.77. The van der Waals surface area contributed by atoms with E-state index >= 15 is 0 Å². The highest BCUT2D eigenvalue weighted by atomic mass is 16.5. The largest absolute Gasteiger partial charge is 0.465 e. The third kappa shape index (κ3) is 5.40. The van der Waals surface area contributed by atoms with Gasteiger partial charge in [0.15, 0.2) is 0 Å². The smallest absolute Gasteiger partial charge is 0.320 e. The summed E-state index contributed by atoms with van der Waals surface area (Å²) in [6.07, 6.45) is 0. The van der Waals surface area contributed by atoms with Crippen LogP contribution in [0.1, 0.15) is 18.1 Å². The molecular weight excluding hydrogens is 256 g/mol. The molecule has 1 rings (SSSR count). The van der Waals surface area contributed by atoms with Gasteiger partial charge in [0.25, 0.3) is 0 Å². The Morgan fingerprint density at radius 1 is 1.25 bits per heavy atom. The first kappa shape index (κ1) is 16.2. The average molecular weight is 278 g/mol. The zero-order valence-electron chi connectivity index (χ0n) is 12.5. The Hall–Kier alpha value is -1.88. The first-order valence-corrected chi connectivity index (χ1v) is 6.63. The fourth-order valence-corrected chi connectivity index (χ4v) is 1.87. The second kappa shape index (κ2) is 7.65. The second-order valence-electron chi connectivity index (χ2n) is 4.84. The first-order chi connectivity index (χ1) is 9.42. The first-order valence-electron chi connectivity index (χ1n) is 6.63. The van der Waals surface area contributed by atoms with E-state index in [1.54, 1.807) is 18.9 Å². The number of nitrogens with one attached hydrogen (secondary N) is 1. The van der Waals surface area contributed by atoms with Crippen LogP contribution in [0.3, 0.4) is 0 Å². The van der Waals surface area contributed by atoms with Crippen molar-refractivity contribution >= 4 is 17.6 Å². The number of anilines is 1. The lowest BCUT2D eigenvalue weighted by Gasteiger charge is -2.16. The molecule has 0 radical (unpaired) electrons. The SMILES string of the molecule is CCOC(=O)CN(C)CC(=O)Nc1ccc(C)cc1C. The number of amides is 1. The van der Waals surface area contributed by atoms with Crippen molar-refractivity contribution in [2.24, 2.45) is 0 Å². The minimum Gasteiger partial charge on any atom is -0.465 e. The Kier molecular flexibility index (Phi) is 6.18. The summed E-state index contributed by atoms with van der Waals surface area (Å²) in [5.74, 6) is -0.474. The molecule has 1 aromatic rings. The molecule has 0 aromatic heterocycles. The summed E-state index contributed by atoms with van der Waals surface area (Å²) >= 11 is 0. The fourth-order valence-electron chi connectivity index (χ4n) is 1.87. The number of hydrogen-bond donors (Lipinski definition) is 1. The van der Waals surface area contributed by atoms with E-state index in [9.17, 15) is 9.59 Å². The molecule has 0 unspecified atom stereocenters. The zero-order chi connectivity index (χ0) is 15.1. The van der Waals surface area contributed by atoms with Crippen molar-refractivity contribution < 1.29 is 14.3 Å². The van der Waals surface area contributed by atoms with Gasteiger partial charge < -0.3 is 10.1 Å². The Bertz CT molecular complexity index is 486. The van der Waals surface area contributed by atoms with Crippen molar-refractivity contribution in [1.29, 1.82) is 0 Å². The van der Waals surface area contributed by atoms with E-state index in [4.69, 9.17) is 4.74 Å². The number of benzene rings is 1. The quantitative estimate of drug-likeness (QED) is 0.805. The molecule has 0 heterocycles. The number of hydrogen-bond acceptors (Lipinski definition) is 4. The number of carbonyl (C=O) groups excluding carboxylic acids is 2. The number of ether oxygens (including phenoxy) is 1. The fraction of sp³-hybridized carbons (Fsp3) is 0.467. The number of nitrogens with zero attached hydrogens (tertiary/aromatic N) is 1. The third-order valence-electron chi connectivity index (χ3n) is 2.77. The lowest BCUT2D eigenvalue weighted by atomic mass is 10.1. The maximum Gasteiger partial charge on any atom is 0.320 e. The molecule has 20 heavy (non-hydrogen) atoms. The predicted octanol–water partition coefficient (Wildman–Crippen LogP) is 1.74. The van der Waals surface area contributed by atoms with E-state index < -0.39 is 0 Å². The van der Waals surface area contributed by atoms with Gasteiger partial charge in [-0.1, -0.05) is 17.7 Å². The van der Waals surface area contributed by atoms with Crippen LogP contribution >= 0.6 is 0 Å². The topological polar surface area (TPSA) is 58.6 Å². The number of carbonyl (C=O) groups is 2. The van der Waals surface area contributed by atoms with Crippen LogP contribution in [0.25, 0.3) is 0 Å². The van der Waals surface area contributed by atoms with Crippen LogP contribution in [0.2, 0.25) is 0 Å². The molecule has 0 aliphatic rings. The average Bonchev–Trinajstić information content (AvgIpc) is 2.32. The molecule has 1 amide bonds. The van der Waals surface area contributed by atoms with Crippen molar-refractivity contribution in [2.75, 3.05) is 32.1 Å². The Morgan fingerprint density at radius 2 is 1.95 bits per heavy atom. The summed E-state index contributed by atoms with van der Waals surface area (Å²) in [5.41, 5.74) is 2.97. The molecule has 1 N–H and O–H groups in total. The maximum absolute atomic E-state index is 11.9. The van der Waals surface area contributed by atoms with E-state index in [0.29, 0.717) is 6.61 Å². The minimum atomic E-state index is -0.325. The van der Waals surface area contributed by atoms with Gasteiger partial charge in [-0.3, -0.25) is 14.5 Å². The second-order valence-corrected chi connectivity index (χ2v) is 4.84. The van der Waals surface area contributed by atoms with Crippen molar-refractivity contribution in [2.45, 2.75) is 20.8 Å². The van der Waals surface area contributed by atoms with E-state index in [-0.39, 0.29) is 25.0 Å². The van der Waals surface area contributed by atoms with Gasteiger partial charge in [-0.05, 0) is 39.4 Å². The van der Waals surface area contributed by atoms with Crippen LogP contribution in [0.4, 0.5) is 5.69 Å². The molecule has 5 heteroatoms. The summed E-state index contributed by atoms with van der Waals surface area (Å²) in [5, 5.41) is 2.84. The molecule has 1 aromatic carbocycles. The highest BCUT2D eigenvalue weighted by molar-refractivity contribution is 5.93. The molecule has 0 aliphatic carbocycles. The van der Waals surface area contributed by atoms with Gasteiger partial charge in [0.1, 0.15) is 0 Å². The van der Waals surface area contributed by atoms with Crippen LogP contribution in [-0.2, 0) is 14.3 Å². The molecule has 5 nitrogen and oxygen atoms in total. The Morgan fingerprint density at radius 3 is 2.55 bits per heavy atom. The van der Waals surface area contributed by atoms with Crippen molar-refractivity contribution in [3.05, 3.63) is 29.3 Å². The number of esters is 1. The van der Waals surface area contributed by atoms with Crippen LogP contribution in [-0.4, -0.2) is 43.5 Å². The van der Waals surface area contributed by atoms with Gasteiger partial charge in [0.05, 0.1) is 19.7 Å². The van der Waals surface area contributed by atoms with Gasteiger partial charge in [0.2, 0.25) is 5.91 Å². The molecule has 0 aliphatic heterocycles. The van der Waals surface area contributed by atoms with Crippen LogP contribution in [0.15, 0.2) is 18.2 Å². The van der Waals surface area contributed by atoms with E-state index in [1.165, 1.54) is 0 Å². The van der Waals surface area contributed by atoms with Gasteiger partial charge in [-0.2, -0.15) is 0 Å². The van der Waals surface area contributed by atoms with E-state index in [1.807, 2.05) is 32.0 Å². The van der Waals surface area contributed by atoms with Crippen LogP contribution in [0.5, 0.6) is 0 Å². The highest BCUT2D eigenvalue weighted by Crippen LogP contribution is 2.15. The molecule has 0 spiro atoms. The highest BCUT2D eigenvalue weighted by Gasteiger charge is 2.12. The Balaban J connectivity index is 2.49. The minimum absolute atomic E-state index is 0.105. The molecular formula is C15H22N2O3. The van der Waals surface area contributed by atoms with Crippen molar-refractivity contribution in [1.82, 2.24) is 4.90 Å². The summed E-state index contributed by atoms with van der Waals surface area (Å²) in [7, 11) is 1.71. The normalized spacial score (nSPS) is 10.4. The summed E-state index contributed by atoms with van der Waals surface area (Å²) in [6.45, 7) is 6.31. The standard InChI is InChI=1S/C15H22N2O3/c1-5-20-15(19)10-17(4)9-14(18)16-13-7-6-11(2)8-12(13)3/h6-8H,5,9-10H2,1-4H3,(H,16,18). The molecule has 0 bridgehead atoms. The van der Waals surface area contributed by atoms with Crippen molar-refractivity contribution in [3.8, 4) is 0 Å². The van der Waals surface area contributed by atoms with Crippen LogP contribution in [0, 0.1) is 13.8 Å². The molecule has 0 saturated carbocycles. The molecule has 0 atom stereocenters. The van der Waals surface area contributed by atoms with E-state index in [2.05, 4.69) is 5.32 Å². The van der Waals surface area contributed by atoms with Gasteiger partial charge in [-0.25, -0.2) is 0 Å². The summed E-state index contributed by atoms with van der Waals surface area (Å²) in [6, 6.07) is 5.84. The predicted molar refractivity (Wildman–Crippen MR) is 78.7 cm³/mol. The van der Waals surface area contributed by atoms with Crippen molar-refractivity contribution in [3.63, 3.8) is 0 Å². The maximum atomic E-state index is 11.9. The lowest BCUT2D eigenvalue weighted by Crippen LogP contribution is -2.34. The Labute approximate surface area is 119 Å². The number of aryl methyl sites for hydroxylation is 2. The van der Waals surface area contributed by atoms with Gasteiger partial charge >= 0.3 is 5.97 Å². The number of rotatable bonds is 6. The monoisotopic (exact) mass is 278 g/mol. The molecule has 110 valence electrons. The summed E-state index contributed by atoms with van der Waals surface area (Å²) in [4.78, 5) is 24.8. The summed E-state index contributed by atoms with van der Waals surface area (Å²) < 4.78 is 4.83. The lowest BCUT2D eigenvalue weighted by molar-refractivity contribution is -0.144. The number of likely N-dealkylation sites (N-methyl/N-ethyl adjacent to an activating group) is 1. The zero-order valence-corrected chi connectivity index (χ0v) is 12.5. The van der Waals surface area contributed by atoms with E-state index in [0.717, 1.165) is 16.8 Å². The van der Waals surface area contributed by atoms with Gasteiger partial charge in [-0.15, -0.1) is 0 Å².